The molecule has 11 heteroatoms. The van der Waals surface area contributed by atoms with Gasteiger partial charge in [0.1, 0.15) is 15.5 Å². The number of amides is 1. The van der Waals surface area contributed by atoms with Crippen LogP contribution in [0.15, 0.2) is 6.07 Å². The van der Waals surface area contributed by atoms with Crippen molar-refractivity contribution in [1.29, 1.82) is 0 Å². The Morgan fingerprint density at radius 2 is 2.09 bits per heavy atom. The number of halogens is 1. The van der Waals surface area contributed by atoms with Gasteiger partial charge in [-0.05, 0) is 51.8 Å². The number of methoxy groups -OCH3 is 1. The molecule has 9 nitrogen and oxygen atoms in total. The van der Waals surface area contributed by atoms with Crippen LogP contribution < -0.4 is 21.3 Å². The lowest BCUT2D eigenvalue weighted by atomic mass is 9.91. The van der Waals surface area contributed by atoms with Gasteiger partial charge in [-0.2, -0.15) is 0 Å². The highest BCUT2D eigenvalue weighted by atomic mass is 32.1. The third-order valence-corrected chi connectivity index (χ3v) is 8.08. The fourth-order valence-electron chi connectivity index (χ4n) is 5.18. The molecular formula is C24H30FN7O2S. The minimum atomic E-state index is -0.347. The number of nitrogen functional groups attached to an aromatic ring is 1. The summed E-state index contributed by atoms with van der Waals surface area (Å²) in [4.78, 5) is 29.7. The van der Waals surface area contributed by atoms with E-state index in [9.17, 15) is 4.79 Å². The first-order valence-corrected chi connectivity index (χ1v) is 12.6. The van der Waals surface area contributed by atoms with Gasteiger partial charge in [-0.15, -0.1) is 11.3 Å². The number of nitrogens with zero attached hydrogens (tertiary/aromatic N) is 4. The molecule has 0 saturated carbocycles. The molecule has 3 aromatic rings. The summed E-state index contributed by atoms with van der Waals surface area (Å²) in [5.41, 5.74) is 9.19. The predicted molar refractivity (Wildman–Crippen MR) is 135 cm³/mol. The minimum absolute atomic E-state index is 0.0168. The van der Waals surface area contributed by atoms with Crippen molar-refractivity contribution in [1.82, 2.24) is 25.6 Å². The van der Waals surface area contributed by atoms with Crippen LogP contribution in [-0.2, 0) is 17.6 Å². The highest BCUT2D eigenvalue weighted by Crippen LogP contribution is 2.34. The third-order valence-electron chi connectivity index (χ3n) is 6.98. The van der Waals surface area contributed by atoms with Crippen molar-refractivity contribution >= 4 is 39.0 Å². The predicted octanol–water partition coefficient (Wildman–Crippen LogP) is 2.13. The summed E-state index contributed by atoms with van der Waals surface area (Å²) >= 11 is 1.28. The lowest BCUT2D eigenvalue weighted by molar-refractivity contribution is 0.0938. The molecule has 1 aliphatic heterocycles. The number of pyridine rings is 1. The maximum atomic E-state index is 15.1. The summed E-state index contributed by atoms with van der Waals surface area (Å²) in [5.74, 6) is 0.437. The molecule has 0 bridgehead atoms. The van der Waals surface area contributed by atoms with Gasteiger partial charge in [0.2, 0.25) is 0 Å². The van der Waals surface area contributed by atoms with Crippen molar-refractivity contribution in [2.75, 3.05) is 37.9 Å². The number of rotatable bonds is 5. The number of hydrogen-bond donors (Lipinski definition) is 3. The number of aromatic nitrogens is 3. The molecule has 0 radical (unpaired) electrons. The first kappa shape index (κ1) is 23.8. The van der Waals surface area contributed by atoms with Crippen LogP contribution in [0.5, 0.6) is 0 Å². The molecule has 1 aliphatic carbocycles. The number of ether oxygens (including phenoxy) is 1. The number of anilines is 2. The van der Waals surface area contributed by atoms with Gasteiger partial charge in [0.05, 0.1) is 28.9 Å². The summed E-state index contributed by atoms with van der Waals surface area (Å²) in [6, 6.07) is 1.57. The number of hydrogen-bond acceptors (Lipinski definition) is 9. The molecule has 4 heterocycles. The van der Waals surface area contributed by atoms with E-state index < -0.39 is 0 Å². The Labute approximate surface area is 207 Å². The van der Waals surface area contributed by atoms with Crippen LogP contribution in [-0.4, -0.2) is 66.3 Å². The summed E-state index contributed by atoms with van der Waals surface area (Å²) < 4.78 is 20.6. The quantitative estimate of drug-likeness (QED) is 0.489. The second-order valence-electron chi connectivity index (χ2n) is 9.27. The second-order valence-corrected chi connectivity index (χ2v) is 10.3. The Kier molecular flexibility index (Phi) is 6.32. The van der Waals surface area contributed by atoms with Gasteiger partial charge in [-0.3, -0.25) is 4.79 Å². The average Bonchev–Trinajstić information content (AvgIpc) is 3.39. The van der Waals surface area contributed by atoms with Crippen LogP contribution in [0.1, 0.15) is 38.9 Å². The highest BCUT2D eigenvalue weighted by Gasteiger charge is 2.35. The van der Waals surface area contributed by atoms with Gasteiger partial charge in [-0.1, -0.05) is 0 Å². The molecule has 1 saturated heterocycles. The largest absolute Gasteiger partial charge is 0.397 e. The molecule has 2 aliphatic rings. The summed E-state index contributed by atoms with van der Waals surface area (Å²) in [7, 11) is 3.55. The van der Waals surface area contributed by atoms with E-state index >= 15 is 4.39 Å². The smallest absolute Gasteiger partial charge is 0.263 e. The Balaban J connectivity index is 1.32. The molecule has 0 spiro atoms. The van der Waals surface area contributed by atoms with Crippen molar-refractivity contribution < 1.29 is 13.9 Å². The van der Waals surface area contributed by atoms with Crippen molar-refractivity contribution in [2.45, 2.75) is 51.3 Å². The average molecular weight is 500 g/mol. The molecule has 186 valence electrons. The lowest BCUT2D eigenvalue weighted by Gasteiger charge is -2.27. The number of carbonyl (C=O) groups excluding carboxylic acids is 1. The van der Waals surface area contributed by atoms with Gasteiger partial charge in [-0.25, -0.2) is 19.3 Å². The van der Waals surface area contributed by atoms with Gasteiger partial charge in [0.25, 0.3) is 5.91 Å². The van der Waals surface area contributed by atoms with Crippen LogP contribution in [0, 0.1) is 19.7 Å². The number of carbonyl (C=O) groups is 1. The molecule has 3 unspecified atom stereocenters. The number of likely N-dealkylation sites (N-methyl/N-ethyl adjacent to an activating group) is 1. The normalized spacial score (nSPS) is 22.0. The first-order chi connectivity index (χ1) is 16.8. The molecule has 1 fully saturated rings. The standard InChI is InChI=1S/C24H30FN7O2S/c1-11-19-20(26)21(35-24(19)29-12(2)28-11)23(33)30-14-5-6-16-13(7-14)8-15(25)22(31-16)32-9-17(27-3)18(10-32)34-4/h8,14,17-18,27H,5-7,9-10,26H2,1-4H3,(H,30,33). The molecule has 35 heavy (non-hydrogen) atoms. The van der Waals surface area contributed by atoms with Crippen molar-refractivity contribution in [3.8, 4) is 0 Å². The van der Waals surface area contributed by atoms with Crippen LogP contribution >= 0.6 is 11.3 Å². The number of nitrogens with one attached hydrogen (secondary N) is 2. The van der Waals surface area contributed by atoms with Crippen LogP contribution in [0.25, 0.3) is 10.2 Å². The molecule has 5 rings (SSSR count). The van der Waals surface area contributed by atoms with Gasteiger partial charge >= 0.3 is 0 Å². The Morgan fingerprint density at radius 1 is 1.29 bits per heavy atom. The summed E-state index contributed by atoms with van der Waals surface area (Å²) in [6.07, 6.45) is 1.89. The van der Waals surface area contributed by atoms with E-state index in [2.05, 4.69) is 25.6 Å². The molecule has 3 atom stereocenters. The summed E-state index contributed by atoms with van der Waals surface area (Å²) in [5, 5.41) is 7.05. The van der Waals surface area contributed by atoms with E-state index in [-0.39, 0.29) is 29.9 Å². The molecule has 1 amide bonds. The number of thiophene rings is 1. The maximum Gasteiger partial charge on any atom is 0.263 e. The van der Waals surface area contributed by atoms with E-state index in [1.165, 1.54) is 11.3 Å². The topological polar surface area (TPSA) is 118 Å². The molecular weight excluding hydrogens is 469 g/mol. The first-order valence-electron chi connectivity index (χ1n) is 11.8. The Morgan fingerprint density at radius 3 is 2.80 bits per heavy atom. The van der Waals surface area contributed by atoms with Gasteiger partial charge < -0.3 is 26.0 Å². The highest BCUT2D eigenvalue weighted by molar-refractivity contribution is 7.21. The van der Waals surface area contributed by atoms with Crippen LogP contribution in [0.3, 0.4) is 0 Å². The van der Waals surface area contributed by atoms with E-state index in [0.717, 1.165) is 28.8 Å². The fourth-order valence-corrected chi connectivity index (χ4v) is 6.28. The van der Waals surface area contributed by atoms with Crippen LogP contribution in [0.4, 0.5) is 15.9 Å². The van der Waals surface area contributed by atoms with Gasteiger partial charge in [0, 0.05) is 31.9 Å². The second kappa shape index (κ2) is 9.29. The molecule has 4 N–H and O–H groups in total. The van der Waals surface area contributed by atoms with E-state index in [4.69, 9.17) is 10.5 Å². The zero-order valence-corrected chi connectivity index (χ0v) is 21.1. The van der Waals surface area contributed by atoms with Crippen molar-refractivity contribution in [3.05, 3.63) is 39.5 Å². The fraction of sp³-hybridized carbons (Fsp3) is 0.500. The van der Waals surface area contributed by atoms with Crippen molar-refractivity contribution in [2.24, 2.45) is 0 Å². The third kappa shape index (κ3) is 4.32. The zero-order valence-electron chi connectivity index (χ0n) is 20.3. The minimum Gasteiger partial charge on any atom is -0.397 e. The number of nitrogens with two attached hydrogens (primary N) is 1. The van der Waals surface area contributed by atoms with E-state index in [1.807, 2.05) is 25.8 Å². The molecule has 3 aromatic heterocycles. The number of aryl methyl sites for hydroxylation is 3. The SMILES string of the molecule is CNC1CN(c2nc3c(cc2F)CC(NC(=O)c2sc4nc(C)nc(C)c4c2N)CC3)CC1OC. The summed E-state index contributed by atoms with van der Waals surface area (Å²) in [6.45, 7) is 4.91. The lowest BCUT2D eigenvalue weighted by Crippen LogP contribution is -2.39. The van der Waals surface area contributed by atoms with Crippen molar-refractivity contribution in [3.63, 3.8) is 0 Å². The van der Waals surface area contributed by atoms with Gasteiger partial charge in [0.15, 0.2) is 11.6 Å². The number of fused-ring (bicyclic) bond motifs is 2. The Hall–Kier alpha value is -2.89. The maximum absolute atomic E-state index is 15.1. The van der Waals surface area contributed by atoms with Crippen LogP contribution in [0.2, 0.25) is 0 Å². The zero-order chi connectivity index (χ0) is 24.9. The Bertz CT molecular complexity index is 1280. The van der Waals surface area contributed by atoms with E-state index in [0.29, 0.717) is 53.0 Å². The molecule has 0 aromatic carbocycles. The van der Waals surface area contributed by atoms with E-state index in [1.54, 1.807) is 13.2 Å². The monoisotopic (exact) mass is 499 g/mol.